The number of hydrogen-bond donors (Lipinski definition) is 1. The number of furan rings is 1. The number of thiocarbonyl (C=S) groups is 1. The van der Waals surface area contributed by atoms with E-state index >= 15 is 0 Å². The lowest BCUT2D eigenvalue weighted by molar-refractivity contribution is 0.438. The van der Waals surface area contributed by atoms with E-state index in [1.54, 1.807) is 29.3 Å². The number of nitrogens with one attached hydrogen (secondary N) is 1. The van der Waals surface area contributed by atoms with Gasteiger partial charge in [0.15, 0.2) is 5.11 Å². The van der Waals surface area contributed by atoms with Gasteiger partial charge in [0.05, 0.1) is 17.4 Å². The first-order valence-corrected chi connectivity index (χ1v) is 10.9. The standard InChI is InChI=1S/C24H17BrFN3OS/c25-16-10-8-15(9-11-16)20-12-13-21(30-20)23-22(18-6-3-4-14-27-18)28-24(31)29(23)19-7-2-1-5-17(19)26/h1-14,22-23H,(H,28,31)/t22-,23-/m1/s1. The molecule has 2 aromatic heterocycles. The molecule has 0 radical (unpaired) electrons. The van der Waals surface area contributed by atoms with Gasteiger partial charge in [0.25, 0.3) is 0 Å². The maximum atomic E-state index is 14.8. The van der Waals surface area contributed by atoms with E-state index in [-0.39, 0.29) is 11.9 Å². The van der Waals surface area contributed by atoms with Gasteiger partial charge in [-0.3, -0.25) is 4.98 Å². The van der Waals surface area contributed by atoms with Gasteiger partial charge < -0.3 is 14.6 Å². The van der Waals surface area contributed by atoms with Crippen molar-refractivity contribution in [3.8, 4) is 11.3 Å². The molecule has 1 N–H and O–H groups in total. The molecule has 31 heavy (non-hydrogen) atoms. The zero-order valence-electron chi connectivity index (χ0n) is 16.2. The number of para-hydroxylation sites is 1. The first kappa shape index (κ1) is 19.9. The molecule has 0 bridgehead atoms. The highest BCUT2D eigenvalue weighted by Gasteiger charge is 2.43. The number of hydrogen-bond acceptors (Lipinski definition) is 3. The summed E-state index contributed by atoms with van der Waals surface area (Å²) in [5, 5.41) is 3.74. The summed E-state index contributed by atoms with van der Waals surface area (Å²) in [6, 6.07) is 23.4. The minimum Gasteiger partial charge on any atom is -0.459 e. The van der Waals surface area contributed by atoms with Crippen LogP contribution in [0.15, 0.2) is 93.9 Å². The van der Waals surface area contributed by atoms with Crippen LogP contribution >= 0.6 is 28.1 Å². The first-order valence-electron chi connectivity index (χ1n) is 9.72. The lowest BCUT2D eigenvalue weighted by Gasteiger charge is -2.26. The zero-order valence-corrected chi connectivity index (χ0v) is 18.6. The van der Waals surface area contributed by atoms with Crippen molar-refractivity contribution in [1.29, 1.82) is 0 Å². The Hall–Kier alpha value is -3.03. The molecule has 1 aliphatic heterocycles. The minimum atomic E-state index is -0.400. The second-order valence-corrected chi connectivity index (χ2v) is 8.46. The second kappa shape index (κ2) is 8.24. The molecule has 0 aliphatic carbocycles. The quantitative estimate of drug-likeness (QED) is 0.332. The molecule has 1 fully saturated rings. The monoisotopic (exact) mass is 493 g/mol. The number of halogens is 2. The van der Waals surface area contributed by atoms with Crippen molar-refractivity contribution in [2.45, 2.75) is 12.1 Å². The summed E-state index contributed by atoms with van der Waals surface area (Å²) >= 11 is 9.08. The van der Waals surface area contributed by atoms with Crippen molar-refractivity contribution >= 4 is 38.9 Å². The molecule has 4 aromatic rings. The van der Waals surface area contributed by atoms with E-state index in [9.17, 15) is 4.39 Å². The van der Waals surface area contributed by atoms with Gasteiger partial charge in [-0.05, 0) is 60.7 Å². The first-order chi connectivity index (χ1) is 15.1. The van der Waals surface area contributed by atoms with E-state index in [2.05, 4.69) is 26.2 Å². The number of anilines is 1. The van der Waals surface area contributed by atoms with E-state index in [1.165, 1.54) is 6.07 Å². The third-order valence-electron chi connectivity index (χ3n) is 5.26. The highest BCUT2D eigenvalue weighted by molar-refractivity contribution is 9.10. The van der Waals surface area contributed by atoms with Crippen LogP contribution in [0.2, 0.25) is 0 Å². The van der Waals surface area contributed by atoms with E-state index in [1.807, 2.05) is 54.6 Å². The SMILES string of the molecule is Fc1ccccc1N1C(=S)N[C@H](c2ccccn2)[C@H]1c1ccc(-c2ccc(Br)cc2)o1. The average molecular weight is 494 g/mol. The van der Waals surface area contributed by atoms with E-state index < -0.39 is 6.04 Å². The summed E-state index contributed by atoms with van der Waals surface area (Å²) in [5.41, 5.74) is 2.15. The van der Waals surface area contributed by atoms with Crippen LogP contribution in [-0.4, -0.2) is 10.1 Å². The summed E-state index contributed by atoms with van der Waals surface area (Å²) in [5.74, 6) is 1.05. The van der Waals surface area contributed by atoms with Gasteiger partial charge in [-0.15, -0.1) is 0 Å². The Labute approximate surface area is 192 Å². The van der Waals surface area contributed by atoms with Crippen molar-refractivity contribution in [2.24, 2.45) is 0 Å². The van der Waals surface area contributed by atoms with Crippen LogP contribution in [0.4, 0.5) is 10.1 Å². The maximum absolute atomic E-state index is 14.8. The van der Waals surface area contributed by atoms with E-state index in [0.717, 1.165) is 21.5 Å². The van der Waals surface area contributed by atoms with Crippen LogP contribution in [0.25, 0.3) is 11.3 Å². The number of benzene rings is 2. The van der Waals surface area contributed by atoms with Crippen LogP contribution in [0.5, 0.6) is 0 Å². The molecule has 7 heteroatoms. The summed E-state index contributed by atoms with van der Waals surface area (Å²) in [7, 11) is 0. The Morgan fingerprint density at radius 1 is 0.968 bits per heavy atom. The molecule has 1 saturated heterocycles. The van der Waals surface area contributed by atoms with Crippen molar-refractivity contribution in [2.75, 3.05) is 4.90 Å². The Morgan fingerprint density at radius 2 is 1.74 bits per heavy atom. The molecular formula is C24H17BrFN3OS. The van der Waals surface area contributed by atoms with Crippen molar-refractivity contribution in [3.63, 3.8) is 0 Å². The molecule has 4 nitrogen and oxygen atoms in total. The van der Waals surface area contributed by atoms with Crippen molar-refractivity contribution in [1.82, 2.24) is 10.3 Å². The van der Waals surface area contributed by atoms with Gasteiger partial charge in [-0.1, -0.05) is 46.3 Å². The predicted octanol–water partition coefficient (Wildman–Crippen LogP) is 6.42. The molecule has 5 rings (SSSR count). The van der Waals surface area contributed by atoms with Crippen molar-refractivity contribution in [3.05, 3.63) is 107 Å². The summed E-state index contributed by atoms with van der Waals surface area (Å²) in [4.78, 5) is 6.28. The lowest BCUT2D eigenvalue weighted by atomic mass is 10.0. The number of pyridine rings is 1. The normalized spacial score (nSPS) is 18.3. The molecule has 0 amide bonds. The largest absolute Gasteiger partial charge is 0.459 e. The van der Waals surface area contributed by atoms with Gasteiger partial charge in [-0.2, -0.15) is 0 Å². The lowest BCUT2D eigenvalue weighted by Crippen LogP contribution is -2.30. The van der Waals surface area contributed by atoms with Crippen LogP contribution in [0.3, 0.4) is 0 Å². The van der Waals surface area contributed by atoms with Gasteiger partial charge >= 0.3 is 0 Å². The highest BCUT2D eigenvalue weighted by atomic mass is 79.9. The molecular weight excluding hydrogens is 477 g/mol. The maximum Gasteiger partial charge on any atom is 0.174 e. The molecule has 2 aromatic carbocycles. The molecule has 154 valence electrons. The van der Waals surface area contributed by atoms with Gasteiger partial charge in [0.2, 0.25) is 0 Å². The van der Waals surface area contributed by atoms with Crippen LogP contribution in [-0.2, 0) is 0 Å². The van der Waals surface area contributed by atoms with Crippen LogP contribution < -0.4 is 10.2 Å². The summed E-state index contributed by atoms with van der Waals surface area (Å²) in [6.07, 6.45) is 1.73. The van der Waals surface area contributed by atoms with Crippen molar-refractivity contribution < 1.29 is 8.81 Å². The molecule has 0 spiro atoms. The fourth-order valence-electron chi connectivity index (χ4n) is 3.83. The Morgan fingerprint density at radius 3 is 2.48 bits per heavy atom. The summed E-state index contributed by atoms with van der Waals surface area (Å²) < 4.78 is 22.0. The number of nitrogens with zero attached hydrogens (tertiary/aromatic N) is 2. The Kier molecular flexibility index (Phi) is 5.29. The topological polar surface area (TPSA) is 41.3 Å². The molecule has 0 saturated carbocycles. The average Bonchev–Trinajstić information content (AvgIpc) is 3.40. The van der Waals surface area contributed by atoms with Crippen LogP contribution in [0.1, 0.15) is 23.5 Å². The number of aromatic nitrogens is 1. The molecule has 3 heterocycles. The molecule has 1 aliphatic rings. The van der Waals surface area contributed by atoms with E-state index in [0.29, 0.717) is 16.6 Å². The van der Waals surface area contributed by atoms with Gasteiger partial charge in [0.1, 0.15) is 23.4 Å². The Balaban J connectivity index is 1.61. The molecule has 2 atom stereocenters. The molecule has 0 unspecified atom stereocenters. The third-order valence-corrected chi connectivity index (χ3v) is 6.10. The summed E-state index contributed by atoms with van der Waals surface area (Å²) in [6.45, 7) is 0. The third kappa shape index (κ3) is 3.75. The minimum absolute atomic E-state index is 0.294. The van der Waals surface area contributed by atoms with Gasteiger partial charge in [0, 0.05) is 16.2 Å². The van der Waals surface area contributed by atoms with Crippen LogP contribution in [0, 0.1) is 5.82 Å². The Bertz CT molecular complexity index is 1230. The fraction of sp³-hybridized carbons (Fsp3) is 0.0833. The second-order valence-electron chi connectivity index (χ2n) is 7.16. The zero-order chi connectivity index (χ0) is 21.4. The van der Waals surface area contributed by atoms with Gasteiger partial charge in [-0.25, -0.2) is 4.39 Å². The number of rotatable bonds is 4. The predicted molar refractivity (Wildman–Crippen MR) is 126 cm³/mol. The smallest absolute Gasteiger partial charge is 0.174 e. The highest BCUT2D eigenvalue weighted by Crippen LogP contribution is 2.43. The van der Waals surface area contributed by atoms with E-state index in [4.69, 9.17) is 16.6 Å². The fourth-order valence-corrected chi connectivity index (χ4v) is 4.43.